The summed E-state index contributed by atoms with van der Waals surface area (Å²) in [6.45, 7) is -0.823. The molecule has 2 amide bonds. The highest BCUT2D eigenvalue weighted by Crippen LogP contribution is 2.37. The minimum Gasteiger partial charge on any atom is -0.459 e. The summed E-state index contributed by atoms with van der Waals surface area (Å²) in [4.78, 5) is 43.2. The van der Waals surface area contributed by atoms with Gasteiger partial charge in [0.05, 0.1) is 37.6 Å². The van der Waals surface area contributed by atoms with Crippen molar-refractivity contribution in [3.8, 4) is 0 Å². The molecule has 0 radical (unpaired) electrons. The first-order valence-corrected chi connectivity index (χ1v) is 20.4. The van der Waals surface area contributed by atoms with Gasteiger partial charge in [-0.15, -0.1) is 0 Å². The molecule has 0 bridgehead atoms. The number of ether oxygens (including phenoxy) is 7. The van der Waals surface area contributed by atoms with Crippen LogP contribution in [0.15, 0.2) is 146 Å². The second kappa shape index (κ2) is 20.0. The van der Waals surface area contributed by atoms with Crippen molar-refractivity contribution in [2.24, 2.45) is 0 Å². The van der Waals surface area contributed by atoms with Crippen LogP contribution < -0.4 is 0 Å². The van der Waals surface area contributed by atoms with E-state index in [1.165, 1.54) is 12.1 Å². The largest absolute Gasteiger partial charge is 0.459 e. The molecule has 14 heteroatoms. The average Bonchev–Trinajstić information content (AvgIpc) is 3.56. The molecule has 14 nitrogen and oxygen atoms in total. The molecule has 3 aliphatic heterocycles. The van der Waals surface area contributed by atoms with Crippen LogP contribution in [0.5, 0.6) is 0 Å². The number of nitrogens with zero attached hydrogens (tertiary/aromatic N) is 1. The van der Waals surface area contributed by atoms with Gasteiger partial charge in [0, 0.05) is 0 Å². The molecule has 0 aromatic heterocycles. The van der Waals surface area contributed by atoms with Gasteiger partial charge in [0.1, 0.15) is 49.3 Å². The van der Waals surface area contributed by atoms with E-state index in [4.69, 9.17) is 33.2 Å². The maximum atomic E-state index is 14.5. The van der Waals surface area contributed by atoms with Gasteiger partial charge in [-0.3, -0.25) is 14.5 Å². The Morgan fingerprint density at radius 3 is 1.48 bits per heavy atom. The number of imide groups is 1. The Balaban J connectivity index is 1.20. The molecule has 5 aromatic rings. The number of aliphatic hydroxyl groups excluding tert-OH is 3. The number of esters is 1. The highest BCUT2D eigenvalue weighted by molar-refractivity contribution is 6.21. The molecule has 8 rings (SSSR count). The van der Waals surface area contributed by atoms with Crippen molar-refractivity contribution in [1.29, 1.82) is 0 Å². The molecule has 0 aliphatic carbocycles. The minimum absolute atomic E-state index is 0.0122. The third kappa shape index (κ3) is 9.54. The van der Waals surface area contributed by atoms with Gasteiger partial charge >= 0.3 is 5.97 Å². The average molecular weight is 846 g/mol. The Kier molecular flexibility index (Phi) is 13.9. The lowest BCUT2D eigenvalue weighted by atomic mass is 9.94. The summed E-state index contributed by atoms with van der Waals surface area (Å²) < 4.78 is 45.1. The molecular weight excluding hydrogens is 799 g/mol. The summed E-state index contributed by atoms with van der Waals surface area (Å²) in [5.74, 6) is -2.42. The van der Waals surface area contributed by atoms with Gasteiger partial charge < -0.3 is 48.5 Å². The number of carbonyl (C=O) groups excluding carboxylic acids is 3. The van der Waals surface area contributed by atoms with Crippen LogP contribution in [0.1, 0.15) is 43.0 Å². The van der Waals surface area contributed by atoms with E-state index in [2.05, 4.69) is 0 Å². The normalized spacial score (nSPS) is 27.2. The Hall–Kier alpha value is -5.65. The molecule has 10 atom stereocenters. The van der Waals surface area contributed by atoms with Crippen molar-refractivity contribution in [2.45, 2.75) is 87.8 Å². The smallest absolute Gasteiger partial charge is 0.338 e. The second-order valence-electron chi connectivity index (χ2n) is 15.2. The highest BCUT2D eigenvalue weighted by Gasteiger charge is 2.58. The fourth-order valence-corrected chi connectivity index (χ4v) is 7.83. The molecule has 322 valence electrons. The van der Waals surface area contributed by atoms with Crippen LogP contribution in [0.25, 0.3) is 0 Å². The van der Waals surface area contributed by atoms with Crippen LogP contribution >= 0.6 is 0 Å². The first kappa shape index (κ1) is 43.0. The predicted molar refractivity (Wildman–Crippen MR) is 220 cm³/mol. The molecule has 62 heavy (non-hydrogen) atoms. The van der Waals surface area contributed by atoms with Crippen molar-refractivity contribution in [3.05, 3.63) is 179 Å². The van der Waals surface area contributed by atoms with Crippen molar-refractivity contribution >= 4 is 17.8 Å². The van der Waals surface area contributed by atoms with Gasteiger partial charge in [0.15, 0.2) is 18.7 Å². The van der Waals surface area contributed by atoms with E-state index in [1.807, 2.05) is 97.1 Å². The van der Waals surface area contributed by atoms with E-state index in [0.717, 1.165) is 21.6 Å². The topological polar surface area (TPSA) is 180 Å². The Labute approximate surface area is 358 Å². The van der Waals surface area contributed by atoms with Gasteiger partial charge in [-0.05, 0) is 34.4 Å². The summed E-state index contributed by atoms with van der Waals surface area (Å²) in [5, 5.41) is 33.2. The quantitative estimate of drug-likeness (QED) is 0.0945. The zero-order chi connectivity index (χ0) is 43.0. The van der Waals surface area contributed by atoms with Gasteiger partial charge in [-0.2, -0.15) is 0 Å². The Bertz CT molecular complexity index is 2210. The number of amides is 2. The van der Waals surface area contributed by atoms with Crippen LogP contribution in [-0.4, -0.2) is 106 Å². The van der Waals surface area contributed by atoms with Crippen LogP contribution in [0.3, 0.4) is 0 Å². The fourth-order valence-electron chi connectivity index (χ4n) is 7.83. The lowest BCUT2D eigenvalue weighted by molar-refractivity contribution is -0.356. The third-order valence-electron chi connectivity index (χ3n) is 11.0. The van der Waals surface area contributed by atoms with Gasteiger partial charge in [0.25, 0.3) is 11.8 Å². The van der Waals surface area contributed by atoms with Crippen molar-refractivity contribution < 1.29 is 62.9 Å². The zero-order valence-electron chi connectivity index (χ0n) is 33.5. The molecular formula is C48H47NO13. The van der Waals surface area contributed by atoms with Gasteiger partial charge in [0.2, 0.25) is 0 Å². The van der Waals surface area contributed by atoms with Gasteiger partial charge in [-0.1, -0.05) is 133 Å². The number of aliphatic hydroxyl groups is 3. The Morgan fingerprint density at radius 2 is 0.984 bits per heavy atom. The molecule has 3 heterocycles. The van der Waals surface area contributed by atoms with Crippen LogP contribution in [0.4, 0.5) is 0 Å². The third-order valence-corrected chi connectivity index (χ3v) is 11.0. The summed E-state index contributed by atoms with van der Waals surface area (Å²) in [5.41, 5.74) is 3.22. The van der Waals surface area contributed by atoms with E-state index >= 15 is 0 Å². The highest BCUT2D eigenvalue weighted by atomic mass is 16.8. The number of hydrogen-bond donors (Lipinski definition) is 3. The fraction of sp³-hybridized carbons (Fsp3) is 0.312. The van der Waals surface area contributed by atoms with E-state index in [9.17, 15) is 29.7 Å². The van der Waals surface area contributed by atoms with Crippen LogP contribution in [-0.2, 0) is 64.4 Å². The van der Waals surface area contributed by atoms with E-state index in [1.54, 1.807) is 36.4 Å². The van der Waals surface area contributed by atoms with Crippen molar-refractivity contribution in [2.75, 3.05) is 6.61 Å². The molecule has 3 aliphatic rings. The summed E-state index contributed by atoms with van der Waals surface area (Å²) >= 11 is 0. The Morgan fingerprint density at radius 1 is 0.532 bits per heavy atom. The maximum absolute atomic E-state index is 14.5. The molecule has 5 aromatic carbocycles. The number of fused-ring (bicyclic) bond motifs is 1. The lowest BCUT2D eigenvalue weighted by Crippen LogP contribution is -2.69. The molecule has 1 unspecified atom stereocenters. The first-order valence-electron chi connectivity index (χ1n) is 20.4. The number of benzene rings is 5. The minimum atomic E-state index is -1.88. The first-order chi connectivity index (χ1) is 30.3. The predicted octanol–water partition coefficient (Wildman–Crippen LogP) is 4.33. The van der Waals surface area contributed by atoms with E-state index in [0.29, 0.717) is 5.56 Å². The standard InChI is InChI=1S/C48H47NO13/c50-25-36-38(51)39(52)37(49-44(53)34-23-13-14-24-35(34)45(49)54)47(60-36)61-41-40(56-26-30-15-5-1-6-16-30)43(57-27-31-17-7-2-8-18-31)48(59-29-33-21-11-4-12-22-33)62-42(41)46(55)58-28-32-19-9-3-10-20-32/h1-24,36-43,47-48,50-52H,25-29H2/t36-,37-,38+,39-,40+,41+,42+,43-,47+,48?/m1/s1. The van der Waals surface area contributed by atoms with Crippen LogP contribution in [0.2, 0.25) is 0 Å². The van der Waals surface area contributed by atoms with Gasteiger partial charge in [-0.25, -0.2) is 4.79 Å². The summed E-state index contributed by atoms with van der Waals surface area (Å²) in [7, 11) is 0. The summed E-state index contributed by atoms with van der Waals surface area (Å²) in [6, 6.07) is 41.5. The number of rotatable bonds is 16. The zero-order valence-corrected chi connectivity index (χ0v) is 33.5. The maximum Gasteiger partial charge on any atom is 0.338 e. The number of hydrogen-bond acceptors (Lipinski definition) is 13. The van der Waals surface area contributed by atoms with E-state index < -0.39 is 85.7 Å². The van der Waals surface area contributed by atoms with Crippen molar-refractivity contribution in [1.82, 2.24) is 4.90 Å². The molecule has 0 spiro atoms. The molecule has 3 N–H and O–H groups in total. The molecule has 0 saturated carbocycles. The summed E-state index contributed by atoms with van der Waals surface area (Å²) in [6.07, 6.45) is -13.7. The molecule has 2 fully saturated rings. The van der Waals surface area contributed by atoms with Crippen molar-refractivity contribution in [3.63, 3.8) is 0 Å². The second-order valence-corrected chi connectivity index (χ2v) is 15.2. The van der Waals surface area contributed by atoms with E-state index in [-0.39, 0.29) is 37.6 Å². The monoisotopic (exact) mass is 845 g/mol. The number of carbonyl (C=O) groups is 3. The van der Waals surface area contributed by atoms with Crippen LogP contribution in [0, 0.1) is 0 Å². The SMILES string of the molecule is O=C(OCc1ccccc1)[C@H]1OC(OCc2ccccc2)[C@H](OCc2ccccc2)[C@@H](OCc2ccccc2)[C@@H]1O[C@@H]1O[C@H](CO)[C@H](O)[C@H](O)[C@H]1N1C(=O)c2ccccc2C1=O. The molecule has 2 saturated heterocycles. The lowest BCUT2D eigenvalue weighted by Gasteiger charge is -2.49.